The van der Waals surface area contributed by atoms with E-state index in [2.05, 4.69) is 11.9 Å². The lowest BCUT2D eigenvalue weighted by molar-refractivity contribution is -0.385. The minimum atomic E-state index is -1.89. The predicted molar refractivity (Wildman–Crippen MR) is 55.8 cm³/mol. The van der Waals surface area contributed by atoms with Gasteiger partial charge in [0.05, 0.1) is 4.92 Å². The van der Waals surface area contributed by atoms with Crippen molar-refractivity contribution < 1.29 is 14.8 Å². The molecule has 1 aliphatic heterocycles. The topological polar surface area (TPSA) is 92.5 Å². The number of amides is 1. The Morgan fingerprint density at radius 2 is 2.25 bits per heavy atom. The molecule has 6 nitrogen and oxygen atoms in total. The molecule has 0 bridgehead atoms. The lowest BCUT2D eigenvalue weighted by Crippen LogP contribution is -2.31. The number of hydrogen-bond donors (Lipinski definition) is 2. The second-order valence-corrected chi connectivity index (χ2v) is 3.41. The number of anilines is 1. The predicted octanol–water partition coefficient (Wildman–Crippen LogP) is 0.920. The van der Waals surface area contributed by atoms with Crippen LogP contribution in [0.2, 0.25) is 0 Å². The number of nitro groups is 1. The molecule has 0 fully saturated rings. The minimum absolute atomic E-state index is 0.154. The molecular formula is C10H8N2O4. The highest BCUT2D eigenvalue weighted by Crippen LogP contribution is 2.38. The van der Waals surface area contributed by atoms with Crippen LogP contribution in [0.15, 0.2) is 30.9 Å². The summed E-state index contributed by atoms with van der Waals surface area (Å²) in [5, 5.41) is 23.0. The zero-order chi connectivity index (χ0) is 11.9. The number of nitro benzene ring substituents is 1. The quantitative estimate of drug-likeness (QED) is 0.440. The first-order chi connectivity index (χ1) is 7.49. The van der Waals surface area contributed by atoms with Crippen LogP contribution in [0.1, 0.15) is 5.56 Å². The van der Waals surface area contributed by atoms with Gasteiger partial charge in [0.15, 0.2) is 5.60 Å². The molecular weight excluding hydrogens is 212 g/mol. The van der Waals surface area contributed by atoms with Crippen LogP contribution in [0, 0.1) is 10.1 Å². The maximum atomic E-state index is 11.5. The van der Waals surface area contributed by atoms with Crippen LogP contribution in [0.4, 0.5) is 11.4 Å². The normalized spacial score (nSPS) is 22.4. The molecule has 0 spiro atoms. The molecule has 1 atom stereocenters. The first-order valence-electron chi connectivity index (χ1n) is 4.45. The van der Waals surface area contributed by atoms with Gasteiger partial charge in [0.2, 0.25) is 0 Å². The Hall–Kier alpha value is -2.21. The molecule has 2 rings (SSSR count). The SMILES string of the molecule is C=CC1(O)C(=O)Nc2ccc([N+](=O)[O-])cc21. The fourth-order valence-corrected chi connectivity index (χ4v) is 1.61. The van der Waals surface area contributed by atoms with Crippen molar-refractivity contribution in [3.63, 3.8) is 0 Å². The molecule has 2 N–H and O–H groups in total. The number of non-ortho nitro benzene ring substituents is 1. The van der Waals surface area contributed by atoms with E-state index in [-0.39, 0.29) is 11.3 Å². The fourth-order valence-electron chi connectivity index (χ4n) is 1.61. The highest BCUT2D eigenvalue weighted by molar-refractivity contribution is 6.06. The molecule has 0 aromatic heterocycles. The van der Waals surface area contributed by atoms with E-state index in [4.69, 9.17) is 0 Å². The van der Waals surface area contributed by atoms with Crippen molar-refractivity contribution in [1.29, 1.82) is 0 Å². The van der Waals surface area contributed by atoms with Crippen LogP contribution in [0.3, 0.4) is 0 Å². The van der Waals surface area contributed by atoms with Gasteiger partial charge >= 0.3 is 0 Å². The van der Waals surface area contributed by atoms with Crippen LogP contribution in [-0.2, 0) is 10.4 Å². The standard InChI is InChI=1S/C10H8N2O4/c1-2-10(14)7-5-6(12(15)16)3-4-8(7)11-9(10)13/h2-5,14H,1H2,(H,11,13). The van der Waals surface area contributed by atoms with Gasteiger partial charge in [-0.05, 0) is 12.1 Å². The zero-order valence-electron chi connectivity index (χ0n) is 8.14. The summed E-state index contributed by atoms with van der Waals surface area (Å²) in [4.78, 5) is 21.4. The second-order valence-electron chi connectivity index (χ2n) is 3.41. The molecule has 1 amide bonds. The molecule has 1 aromatic rings. The average Bonchev–Trinajstić information content (AvgIpc) is 2.51. The molecule has 0 saturated heterocycles. The second kappa shape index (κ2) is 3.14. The summed E-state index contributed by atoms with van der Waals surface area (Å²) in [5.41, 5.74) is -1.56. The van der Waals surface area contributed by atoms with E-state index < -0.39 is 16.4 Å². The van der Waals surface area contributed by atoms with E-state index in [0.29, 0.717) is 5.69 Å². The van der Waals surface area contributed by atoms with Crippen LogP contribution in [0.25, 0.3) is 0 Å². The van der Waals surface area contributed by atoms with Crippen molar-refractivity contribution in [3.05, 3.63) is 46.5 Å². The molecule has 82 valence electrons. The van der Waals surface area contributed by atoms with E-state index in [9.17, 15) is 20.0 Å². The van der Waals surface area contributed by atoms with Crippen molar-refractivity contribution in [2.45, 2.75) is 5.60 Å². The van der Waals surface area contributed by atoms with Crippen molar-refractivity contribution in [2.75, 3.05) is 5.32 Å². The monoisotopic (exact) mass is 220 g/mol. The highest BCUT2D eigenvalue weighted by atomic mass is 16.6. The van der Waals surface area contributed by atoms with Crippen LogP contribution >= 0.6 is 0 Å². The lowest BCUT2D eigenvalue weighted by Gasteiger charge is -2.14. The van der Waals surface area contributed by atoms with Crippen LogP contribution < -0.4 is 5.32 Å². The van der Waals surface area contributed by atoms with E-state index in [0.717, 1.165) is 12.1 Å². The zero-order valence-corrected chi connectivity index (χ0v) is 8.14. The maximum absolute atomic E-state index is 11.5. The van der Waals surface area contributed by atoms with Gasteiger partial charge in [-0.15, -0.1) is 0 Å². The number of fused-ring (bicyclic) bond motifs is 1. The van der Waals surface area contributed by atoms with E-state index >= 15 is 0 Å². The fraction of sp³-hybridized carbons (Fsp3) is 0.100. The van der Waals surface area contributed by atoms with Gasteiger partial charge in [-0.25, -0.2) is 0 Å². The Labute approximate surface area is 90.4 Å². The Morgan fingerprint density at radius 3 is 2.81 bits per heavy atom. The maximum Gasteiger partial charge on any atom is 0.269 e. The summed E-state index contributed by atoms with van der Waals surface area (Å²) >= 11 is 0. The van der Waals surface area contributed by atoms with Crippen molar-refractivity contribution in [2.24, 2.45) is 0 Å². The van der Waals surface area contributed by atoms with Crippen molar-refractivity contribution in [3.8, 4) is 0 Å². The van der Waals surface area contributed by atoms with Gasteiger partial charge < -0.3 is 10.4 Å². The molecule has 0 saturated carbocycles. The van der Waals surface area contributed by atoms with Gasteiger partial charge in [-0.2, -0.15) is 0 Å². The molecule has 16 heavy (non-hydrogen) atoms. The molecule has 0 aliphatic carbocycles. The van der Waals surface area contributed by atoms with Gasteiger partial charge in [0.1, 0.15) is 0 Å². The summed E-state index contributed by atoms with van der Waals surface area (Å²) < 4.78 is 0. The van der Waals surface area contributed by atoms with Crippen LogP contribution in [0.5, 0.6) is 0 Å². The van der Waals surface area contributed by atoms with Gasteiger partial charge in [-0.1, -0.05) is 6.58 Å². The summed E-state index contributed by atoms with van der Waals surface area (Å²) in [6, 6.07) is 3.80. The smallest absolute Gasteiger partial charge is 0.269 e. The molecule has 6 heteroatoms. The third-order valence-corrected chi connectivity index (χ3v) is 2.51. The number of carbonyl (C=O) groups is 1. The van der Waals surface area contributed by atoms with Gasteiger partial charge in [0, 0.05) is 23.4 Å². The van der Waals surface area contributed by atoms with E-state index in [1.807, 2.05) is 0 Å². The van der Waals surface area contributed by atoms with Crippen molar-refractivity contribution >= 4 is 17.3 Å². The Bertz CT molecular complexity index is 512. The third kappa shape index (κ3) is 1.20. The molecule has 1 aromatic carbocycles. The number of nitrogens with zero attached hydrogens (tertiary/aromatic N) is 1. The molecule has 1 unspecified atom stereocenters. The summed E-state index contributed by atoms with van der Waals surface area (Å²) in [6.45, 7) is 3.36. The average molecular weight is 220 g/mol. The molecule has 1 aliphatic rings. The number of rotatable bonds is 2. The summed E-state index contributed by atoms with van der Waals surface area (Å²) in [6.07, 6.45) is 1.05. The molecule has 1 heterocycles. The number of aliphatic hydroxyl groups is 1. The minimum Gasteiger partial charge on any atom is -0.372 e. The largest absolute Gasteiger partial charge is 0.372 e. The first-order valence-corrected chi connectivity index (χ1v) is 4.45. The Morgan fingerprint density at radius 1 is 1.56 bits per heavy atom. The molecule has 0 radical (unpaired) electrons. The van der Waals surface area contributed by atoms with Gasteiger partial charge in [0.25, 0.3) is 11.6 Å². The Kier molecular flexibility index (Phi) is 2.02. The number of benzene rings is 1. The Balaban J connectivity index is 2.63. The first kappa shape index (κ1) is 10.3. The van der Waals surface area contributed by atoms with Gasteiger partial charge in [-0.3, -0.25) is 14.9 Å². The van der Waals surface area contributed by atoms with E-state index in [1.54, 1.807) is 0 Å². The number of carbonyl (C=O) groups excluding carboxylic acids is 1. The third-order valence-electron chi connectivity index (χ3n) is 2.51. The van der Waals surface area contributed by atoms with E-state index in [1.165, 1.54) is 12.1 Å². The lowest BCUT2D eigenvalue weighted by atomic mass is 9.95. The number of nitrogens with one attached hydrogen (secondary N) is 1. The number of hydrogen-bond acceptors (Lipinski definition) is 4. The van der Waals surface area contributed by atoms with Crippen LogP contribution in [-0.4, -0.2) is 15.9 Å². The van der Waals surface area contributed by atoms with Crippen molar-refractivity contribution in [1.82, 2.24) is 0 Å². The summed E-state index contributed by atoms with van der Waals surface area (Å²) in [7, 11) is 0. The summed E-state index contributed by atoms with van der Waals surface area (Å²) in [5.74, 6) is -0.655. The highest BCUT2D eigenvalue weighted by Gasteiger charge is 2.43.